The van der Waals surface area contributed by atoms with Crippen molar-refractivity contribution in [3.63, 3.8) is 0 Å². The summed E-state index contributed by atoms with van der Waals surface area (Å²) in [6, 6.07) is 21.9. The molecule has 3 heterocycles. The van der Waals surface area contributed by atoms with E-state index in [-0.39, 0.29) is 35.5 Å². The van der Waals surface area contributed by atoms with Crippen LogP contribution in [-0.4, -0.2) is 54.8 Å². The first-order valence-corrected chi connectivity index (χ1v) is 14.8. The lowest BCUT2D eigenvalue weighted by Gasteiger charge is -2.36. The van der Waals surface area contributed by atoms with Gasteiger partial charge in [-0.1, -0.05) is 42.5 Å². The second-order valence-corrected chi connectivity index (χ2v) is 11.6. The molecule has 0 saturated carbocycles. The molecule has 3 amide bonds. The van der Waals surface area contributed by atoms with Gasteiger partial charge in [0, 0.05) is 50.1 Å². The summed E-state index contributed by atoms with van der Waals surface area (Å²) in [6.07, 6.45) is 1.18. The molecule has 2 fully saturated rings. The Morgan fingerprint density at radius 1 is 0.955 bits per heavy atom. The SMILES string of the molecule is [2H]c1cc(C#N)cc(F)c1N1CCN(Cc2ccc(Cc3ccc4c5c(cccc35)C(=O)N4C3CCC(=O)NC3=O)cc2)CC1. The molecule has 0 spiro atoms. The van der Waals surface area contributed by atoms with Crippen LogP contribution in [0.4, 0.5) is 15.8 Å². The highest BCUT2D eigenvalue weighted by Crippen LogP contribution is 2.41. The molecule has 8 nitrogen and oxygen atoms in total. The number of nitrogens with one attached hydrogen (secondary N) is 1. The Kier molecular flexibility index (Phi) is 6.76. The molecule has 0 radical (unpaired) electrons. The lowest BCUT2D eigenvalue weighted by Crippen LogP contribution is -2.53. The van der Waals surface area contributed by atoms with E-state index in [2.05, 4.69) is 34.5 Å². The van der Waals surface area contributed by atoms with E-state index < -0.39 is 17.8 Å². The molecule has 9 heteroatoms. The van der Waals surface area contributed by atoms with Crippen LogP contribution in [-0.2, 0) is 22.6 Å². The van der Waals surface area contributed by atoms with Crippen LogP contribution in [0, 0.1) is 17.1 Å². The molecule has 1 atom stereocenters. The molecule has 0 bridgehead atoms. The maximum Gasteiger partial charge on any atom is 0.259 e. The highest BCUT2D eigenvalue weighted by molar-refractivity contribution is 6.27. The Labute approximate surface area is 255 Å². The molecule has 1 N–H and O–H groups in total. The molecule has 3 aliphatic rings. The average Bonchev–Trinajstić information content (AvgIpc) is 3.32. The standard InChI is InChI=1S/C35H30FN5O3/c36-28-19-24(20-37)8-10-29(28)40-16-14-39(15-17-40)21-23-6-4-22(5-7-23)18-25-9-11-30-33-26(25)2-1-3-27(33)35(44)41(30)31-12-13-32(42)38-34(31)43/h1-11,19,31H,12-18,21H2,(H,38,42,43)/i10D. The van der Waals surface area contributed by atoms with Crippen LogP contribution >= 0.6 is 0 Å². The maximum atomic E-state index is 14.6. The van der Waals surface area contributed by atoms with Gasteiger partial charge in [-0.2, -0.15) is 5.26 Å². The number of rotatable bonds is 6. The van der Waals surface area contributed by atoms with Crippen molar-refractivity contribution < 1.29 is 20.1 Å². The number of piperazine rings is 1. The number of hydrogen-bond donors (Lipinski definition) is 1. The van der Waals surface area contributed by atoms with Crippen molar-refractivity contribution in [1.29, 1.82) is 5.26 Å². The monoisotopic (exact) mass is 588 g/mol. The minimum atomic E-state index is -0.709. The van der Waals surface area contributed by atoms with Gasteiger partial charge in [0.25, 0.3) is 5.91 Å². The predicted molar refractivity (Wildman–Crippen MR) is 165 cm³/mol. The van der Waals surface area contributed by atoms with E-state index in [1.807, 2.05) is 35.2 Å². The second kappa shape index (κ2) is 11.2. The van der Waals surface area contributed by atoms with E-state index in [1.165, 1.54) is 17.7 Å². The number of piperidine rings is 1. The lowest BCUT2D eigenvalue weighted by molar-refractivity contribution is -0.134. The van der Waals surface area contributed by atoms with Crippen molar-refractivity contribution in [3.8, 4) is 6.07 Å². The third kappa shape index (κ3) is 4.97. The number of halogens is 1. The van der Waals surface area contributed by atoms with E-state index in [1.54, 1.807) is 11.0 Å². The van der Waals surface area contributed by atoms with Gasteiger partial charge in [0.1, 0.15) is 11.9 Å². The summed E-state index contributed by atoms with van der Waals surface area (Å²) in [5.41, 5.74) is 5.09. The zero-order chi connectivity index (χ0) is 31.2. The molecule has 4 aromatic carbocycles. The number of carbonyl (C=O) groups is 3. The van der Waals surface area contributed by atoms with Crippen molar-refractivity contribution in [3.05, 3.63) is 106 Å². The Morgan fingerprint density at radius 3 is 2.45 bits per heavy atom. The van der Waals surface area contributed by atoms with Crippen LogP contribution < -0.4 is 15.1 Å². The quantitative estimate of drug-likeness (QED) is 0.333. The Bertz CT molecular complexity index is 1890. The van der Waals surface area contributed by atoms with Crippen LogP contribution in [0.1, 0.15) is 46.8 Å². The van der Waals surface area contributed by atoms with Gasteiger partial charge in [0.15, 0.2) is 0 Å². The van der Waals surface area contributed by atoms with Crippen molar-refractivity contribution >= 4 is 39.9 Å². The molecule has 0 aromatic heterocycles. The zero-order valence-corrected chi connectivity index (χ0v) is 24.0. The summed E-state index contributed by atoms with van der Waals surface area (Å²) < 4.78 is 22.8. The van der Waals surface area contributed by atoms with Crippen LogP contribution in [0.2, 0.25) is 0 Å². The fourth-order valence-corrected chi connectivity index (χ4v) is 6.60. The molecule has 3 aliphatic heterocycles. The molecule has 1 unspecified atom stereocenters. The van der Waals surface area contributed by atoms with E-state index >= 15 is 0 Å². The van der Waals surface area contributed by atoms with Gasteiger partial charge in [-0.3, -0.25) is 29.5 Å². The summed E-state index contributed by atoms with van der Waals surface area (Å²) >= 11 is 0. The summed E-state index contributed by atoms with van der Waals surface area (Å²) in [7, 11) is 0. The molecule has 0 aliphatic carbocycles. The molecule has 2 saturated heterocycles. The zero-order valence-electron chi connectivity index (χ0n) is 25.0. The highest BCUT2D eigenvalue weighted by atomic mass is 19.1. The van der Waals surface area contributed by atoms with Crippen LogP contribution in [0.5, 0.6) is 0 Å². The van der Waals surface area contributed by atoms with Crippen molar-refractivity contribution in [2.75, 3.05) is 36.0 Å². The maximum absolute atomic E-state index is 14.6. The Balaban J connectivity index is 1.03. The van der Waals surface area contributed by atoms with Gasteiger partial charge in [0.2, 0.25) is 11.8 Å². The molecule has 4 aromatic rings. The Hall–Kier alpha value is -5.07. The predicted octanol–water partition coefficient (Wildman–Crippen LogP) is 4.53. The average molecular weight is 589 g/mol. The summed E-state index contributed by atoms with van der Waals surface area (Å²) in [6.45, 7) is 3.42. The number of imide groups is 1. The minimum absolute atomic E-state index is 0.0362. The van der Waals surface area contributed by atoms with Gasteiger partial charge in [-0.05, 0) is 65.2 Å². The van der Waals surface area contributed by atoms with Crippen molar-refractivity contribution in [1.82, 2.24) is 10.2 Å². The normalized spacial score (nSPS) is 18.9. The van der Waals surface area contributed by atoms with Gasteiger partial charge >= 0.3 is 0 Å². The third-order valence-corrected chi connectivity index (χ3v) is 8.85. The first-order valence-electron chi connectivity index (χ1n) is 15.3. The second-order valence-electron chi connectivity index (χ2n) is 11.6. The largest absolute Gasteiger partial charge is 0.367 e. The number of anilines is 2. The first kappa shape index (κ1) is 26.5. The summed E-state index contributed by atoms with van der Waals surface area (Å²) in [5, 5.41) is 13.2. The topological polar surface area (TPSA) is 96.8 Å². The number of nitriles is 1. The fourth-order valence-electron chi connectivity index (χ4n) is 6.60. The third-order valence-electron chi connectivity index (χ3n) is 8.85. The van der Waals surface area contributed by atoms with Gasteiger partial charge in [-0.25, -0.2) is 4.39 Å². The molecule has 7 rings (SSSR count). The minimum Gasteiger partial charge on any atom is -0.367 e. The van der Waals surface area contributed by atoms with Gasteiger partial charge in [0.05, 0.1) is 24.4 Å². The summed E-state index contributed by atoms with van der Waals surface area (Å²) in [4.78, 5) is 43.5. The summed E-state index contributed by atoms with van der Waals surface area (Å²) in [5.74, 6) is -1.49. The smallest absolute Gasteiger partial charge is 0.259 e. The van der Waals surface area contributed by atoms with Crippen LogP contribution in [0.3, 0.4) is 0 Å². The van der Waals surface area contributed by atoms with Crippen LogP contribution in [0.25, 0.3) is 10.8 Å². The number of hydrogen-bond acceptors (Lipinski definition) is 6. The number of carbonyl (C=O) groups excluding carboxylic acids is 3. The number of nitrogens with zero attached hydrogens (tertiary/aromatic N) is 4. The highest BCUT2D eigenvalue weighted by Gasteiger charge is 2.40. The van der Waals surface area contributed by atoms with Crippen molar-refractivity contribution in [2.24, 2.45) is 0 Å². The van der Waals surface area contributed by atoms with Gasteiger partial charge in [-0.15, -0.1) is 0 Å². The van der Waals surface area contributed by atoms with Gasteiger partial charge < -0.3 is 4.90 Å². The molecule has 44 heavy (non-hydrogen) atoms. The fraction of sp³-hybridized carbons (Fsp3) is 0.257. The molecule has 220 valence electrons. The van der Waals surface area contributed by atoms with E-state index in [0.717, 1.165) is 41.5 Å². The number of amides is 3. The lowest BCUT2D eigenvalue weighted by atomic mass is 9.95. The number of benzene rings is 4. The first-order chi connectivity index (χ1) is 21.8. The van der Waals surface area contributed by atoms with Crippen LogP contribution in [0.15, 0.2) is 72.8 Å². The molecular formula is C35H30FN5O3. The van der Waals surface area contributed by atoms with E-state index in [4.69, 9.17) is 6.63 Å². The van der Waals surface area contributed by atoms with Crippen molar-refractivity contribution in [2.45, 2.75) is 31.8 Å². The Morgan fingerprint density at radius 2 is 1.73 bits per heavy atom. The van der Waals surface area contributed by atoms with E-state index in [9.17, 15) is 18.8 Å². The van der Waals surface area contributed by atoms with E-state index in [0.29, 0.717) is 37.2 Å². The molecular weight excluding hydrogens is 557 g/mol.